The van der Waals surface area contributed by atoms with Gasteiger partial charge in [0.15, 0.2) is 0 Å². The molecule has 0 bridgehead atoms. The van der Waals surface area contributed by atoms with Gasteiger partial charge >= 0.3 is 0 Å². The quantitative estimate of drug-likeness (QED) is 0.650. The van der Waals surface area contributed by atoms with E-state index in [0.29, 0.717) is 17.8 Å². The fraction of sp³-hybridized carbons (Fsp3) is 0.200. The number of nitrogens with zero attached hydrogens (tertiary/aromatic N) is 1. The largest absolute Gasteiger partial charge is 0.399 e. The molecular weight excluding hydrogens is 194 g/mol. The lowest BCUT2D eigenvalue weighted by Crippen LogP contribution is -2.33. The van der Waals surface area contributed by atoms with Crippen molar-refractivity contribution in [3.63, 3.8) is 0 Å². The van der Waals surface area contributed by atoms with E-state index >= 15 is 0 Å². The fourth-order valence-corrected chi connectivity index (χ4v) is 1.69. The van der Waals surface area contributed by atoms with Gasteiger partial charge in [0.2, 0.25) is 5.91 Å². The number of carbonyl (C=O) groups is 2. The van der Waals surface area contributed by atoms with Crippen LogP contribution < -0.4 is 11.5 Å². The maximum Gasteiger partial charge on any atom is 0.255 e. The predicted molar refractivity (Wildman–Crippen MR) is 54.8 cm³/mol. The van der Waals surface area contributed by atoms with Crippen LogP contribution in [0, 0.1) is 0 Å². The summed E-state index contributed by atoms with van der Waals surface area (Å²) in [5.74, 6) is -0.694. The van der Waals surface area contributed by atoms with Gasteiger partial charge in [-0.05, 0) is 17.7 Å². The van der Waals surface area contributed by atoms with Crippen LogP contribution in [0.25, 0.3) is 0 Å². The minimum Gasteiger partial charge on any atom is -0.399 e. The van der Waals surface area contributed by atoms with Crippen LogP contribution in [0.4, 0.5) is 5.69 Å². The summed E-state index contributed by atoms with van der Waals surface area (Å²) >= 11 is 0. The van der Waals surface area contributed by atoms with Gasteiger partial charge in [0.25, 0.3) is 5.91 Å². The molecule has 1 heterocycles. The van der Waals surface area contributed by atoms with Gasteiger partial charge in [0.1, 0.15) is 0 Å². The maximum atomic E-state index is 11.7. The van der Waals surface area contributed by atoms with E-state index < -0.39 is 5.91 Å². The van der Waals surface area contributed by atoms with Gasteiger partial charge in [-0.3, -0.25) is 9.59 Å². The van der Waals surface area contributed by atoms with Crippen LogP contribution in [0.15, 0.2) is 18.2 Å². The first kappa shape index (κ1) is 9.51. The van der Waals surface area contributed by atoms with E-state index in [4.69, 9.17) is 11.5 Å². The molecule has 15 heavy (non-hydrogen) atoms. The Balaban J connectivity index is 2.29. The highest BCUT2D eigenvalue weighted by atomic mass is 16.2. The number of hydrogen-bond donors (Lipinski definition) is 2. The number of benzene rings is 1. The molecule has 0 atom stereocenters. The van der Waals surface area contributed by atoms with Crippen LogP contribution in [-0.2, 0) is 11.3 Å². The average molecular weight is 205 g/mol. The van der Waals surface area contributed by atoms with Crippen molar-refractivity contribution >= 4 is 17.5 Å². The van der Waals surface area contributed by atoms with Crippen molar-refractivity contribution in [1.82, 2.24) is 4.90 Å². The highest BCUT2D eigenvalue weighted by Crippen LogP contribution is 2.24. The number of nitrogens with two attached hydrogens (primary N) is 2. The minimum atomic E-state index is -0.510. The molecule has 0 unspecified atom stereocenters. The van der Waals surface area contributed by atoms with Crippen molar-refractivity contribution in [2.75, 3.05) is 12.3 Å². The SMILES string of the molecule is NC(=O)CN1Cc2ccc(N)cc2C1=O. The number of carbonyl (C=O) groups excluding carboxylic acids is 2. The zero-order valence-corrected chi connectivity index (χ0v) is 8.06. The van der Waals surface area contributed by atoms with Crippen molar-refractivity contribution in [1.29, 1.82) is 0 Å². The first-order chi connectivity index (χ1) is 7.08. The number of nitrogen functional groups attached to an aromatic ring is 1. The van der Waals surface area contributed by atoms with Crippen LogP contribution in [0.1, 0.15) is 15.9 Å². The molecule has 0 radical (unpaired) electrons. The molecular formula is C10H11N3O2. The van der Waals surface area contributed by atoms with Gasteiger partial charge in [0, 0.05) is 17.8 Å². The zero-order valence-electron chi connectivity index (χ0n) is 8.06. The molecule has 78 valence electrons. The van der Waals surface area contributed by atoms with Crippen LogP contribution in [0.3, 0.4) is 0 Å². The molecule has 1 aliphatic rings. The van der Waals surface area contributed by atoms with Crippen LogP contribution in [0.2, 0.25) is 0 Å². The molecule has 4 N–H and O–H groups in total. The maximum absolute atomic E-state index is 11.7. The molecule has 2 amide bonds. The van der Waals surface area contributed by atoms with Crippen molar-refractivity contribution in [2.45, 2.75) is 6.54 Å². The molecule has 0 fully saturated rings. The van der Waals surface area contributed by atoms with E-state index in [9.17, 15) is 9.59 Å². The van der Waals surface area contributed by atoms with E-state index in [1.165, 1.54) is 4.90 Å². The van der Waals surface area contributed by atoms with Gasteiger partial charge in [-0.2, -0.15) is 0 Å². The summed E-state index contributed by atoms with van der Waals surface area (Å²) in [6.07, 6.45) is 0. The third-order valence-corrected chi connectivity index (χ3v) is 2.36. The Hall–Kier alpha value is -2.04. The topological polar surface area (TPSA) is 89.4 Å². The zero-order chi connectivity index (χ0) is 11.0. The summed E-state index contributed by atoms with van der Waals surface area (Å²) < 4.78 is 0. The van der Waals surface area contributed by atoms with E-state index in [-0.39, 0.29) is 12.5 Å². The van der Waals surface area contributed by atoms with Gasteiger partial charge in [-0.1, -0.05) is 6.07 Å². The number of amides is 2. The second-order valence-electron chi connectivity index (χ2n) is 3.54. The second-order valence-corrected chi connectivity index (χ2v) is 3.54. The Morgan fingerprint density at radius 3 is 2.87 bits per heavy atom. The lowest BCUT2D eigenvalue weighted by Gasteiger charge is -2.11. The smallest absolute Gasteiger partial charge is 0.255 e. The summed E-state index contributed by atoms with van der Waals surface area (Å²) in [7, 11) is 0. The van der Waals surface area contributed by atoms with Gasteiger partial charge in [0.05, 0.1) is 6.54 Å². The van der Waals surface area contributed by atoms with E-state index in [1.54, 1.807) is 18.2 Å². The highest BCUT2D eigenvalue weighted by molar-refractivity contribution is 6.00. The molecule has 0 aromatic heterocycles. The van der Waals surface area contributed by atoms with Crippen molar-refractivity contribution < 1.29 is 9.59 Å². The molecule has 0 aliphatic carbocycles. The second kappa shape index (κ2) is 3.27. The molecule has 5 heteroatoms. The molecule has 2 rings (SSSR count). The Labute approximate surface area is 86.6 Å². The molecule has 0 saturated carbocycles. The number of rotatable bonds is 2. The lowest BCUT2D eigenvalue weighted by atomic mass is 10.1. The molecule has 0 spiro atoms. The first-order valence-corrected chi connectivity index (χ1v) is 4.54. The predicted octanol–water partition coefficient (Wildman–Crippen LogP) is -0.290. The van der Waals surface area contributed by atoms with Gasteiger partial charge in [-0.25, -0.2) is 0 Å². The lowest BCUT2D eigenvalue weighted by molar-refractivity contribution is -0.118. The summed E-state index contributed by atoms with van der Waals surface area (Å²) in [5.41, 5.74) is 12.6. The average Bonchev–Trinajstić information content (AvgIpc) is 2.44. The van der Waals surface area contributed by atoms with E-state index in [1.807, 2.05) is 0 Å². The minimum absolute atomic E-state index is 0.0482. The Morgan fingerprint density at radius 2 is 2.20 bits per heavy atom. The summed E-state index contributed by atoms with van der Waals surface area (Å²) in [4.78, 5) is 23.9. The van der Waals surface area contributed by atoms with Gasteiger partial charge in [-0.15, -0.1) is 0 Å². The molecule has 5 nitrogen and oxygen atoms in total. The third kappa shape index (κ3) is 1.63. The van der Waals surface area contributed by atoms with Crippen molar-refractivity contribution in [3.05, 3.63) is 29.3 Å². The van der Waals surface area contributed by atoms with E-state index in [0.717, 1.165) is 5.56 Å². The number of anilines is 1. The Kier molecular flexibility index (Phi) is 2.07. The Morgan fingerprint density at radius 1 is 1.47 bits per heavy atom. The summed E-state index contributed by atoms with van der Waals surface area (Å²) in [6, 6.07) is 5.15. The first-order valence-electron chi connectivity index (χ1n) is 4.54. The summed E-state index contributed by atoms with van der Waals surface area (Å²) in [5, 5.41) is 0. The van der Waals surface area contributed by atoms with Crippen molar-refractivity contribution in [3.8, 4) is 0 Å². The van der Waals surface area contributed by atoms with Crippen LogP contribution in [0.5, 0.6) is 0 Å². The number of fused-ring (bicyclic) bond motifs is 1. The molecule has 1 aliphatic heterocycles. The normalized spacial score (nSPS) is 14.1. The van der Waals surface area contributed by atoms with Crippen LogP contribution in [-0.4, -0.2) is 23.3 Å². The highest BCUT2D eigenvalue weighted by Gasteiger charge is 2.27. The van der Waals surface area contributed by atoms with Crippen molar-refractivity contribution in [2.24, 2.45) is 5.73 Å². The van der Waals surface area contributed by atoms with E-state index in [2.05, 4.69) is 0 Å². The standard InChI is InChI=1S/C10H11N3O2/c11-7-2-1-6-4-13(5-9(12)14)10(15)8(6)3-7/h1-3H,4-5,11H2,(H2,12,14). The van der Waals surface area contributed by atoms with Gasteiger partial charge < -0.3 is 16.4 Å². The third-order valence-electron chi connectivity index (χ3n) is 2.36. The van der Waals surface area contributed by atoms with Crippen LogP contribution >= 0.6 is 0 Å². The monoisotopic (exact) mass is 205 g/mol. The fourth-order valence-electron chi connectivity index (χ4n) is 1.69. The Bertz CT molecular complexity index is 442. The summed E-state index contributed by atoms with van der Waals surface area (Å²) in [6.45, 7) is 0.380. The molecule has 0 saturated heterocycles. The number of primary amides is 1. The molecule has 1 aromatic rings. The molecule has 1 aromatic carbocycles. The number of hydrogen-bond acceptors (Lipinski definition) is 3.